The number of ether oxygens (including phenoxy) is 3. The third kappa shape index (κ3) is 2.49. The highest BCUT2D eigenvalue weighted by Crippen LogP contribution is 2.41. The van der Waals surface area contributed by atoms with E-state index in [-0.39, 0.29) is 6.61 Å². The minimum Gasteiger partial charge on any atom is -0.497 e. The Balaban J connectivity index is 2.26. The molecule has 120 valence electrons. The van der Waals surface area contributed by atoms with E-state index in [1.165, 1.54) is 0 Å². The highest BCUT2D eigenvalue weighted by Gasteiger charge is 2.18. The maximum Gasteiger partial charge on any atom is 0.132 e. The number of methoxy groups -OCH3 is 3. The van der Waals surface area contributed by atoms with Crippen LogP contribution in [0.4, 0.5) is 0 Å². The monoisotopic (exact) mass is 313 g/mol. The van der Waals surface area contributed by atoms with Crippen molar-refractivity contribution >= 4 is 10.9 Å². The van der Waals surface area contributed by atoms with Crippen LogP contribution in [0, 0.1) is 0 Å². The van der Waals surface area contributed by atoms with Gasteiger partial charge in [0.05, 0.1) is 33.5 Å². The fraction of sp³-hybridized carbons (Fsp3) is 0.222. The Morgan fingerprint density at radius 3 is 2.22 bits per heavy atom. The molecule has 3 rings (SSSR count). The number of rotatable bonds is 5. The summed E-state index contributed by atoms with van der Waals surface area (Å²) in [6.07, 6.45) is 1.91. The third-order valence-corrected chi connectivity index (χ3v) is 3.99. The topological polar surface area (TPSA) is 63.7 Å². The minimum absolute atomic E-state index is 0.119. The van der Waals surface area contributed by atoms with Crippen molar-refractivity contribution in [3.05, 3.63) is 42.1 Å². The van der Waals surface area contributed by atoms with E-state index in [1.807, 2.05) is 30.5 Å². The summed E-state index contributed by atoms with van der Waals surface area (Å²) in [5.41, 5.74) is 3.55. The van der Waals surface area contributed by atoms with Gasteiger partial charge < -0.3 is 24.3 Å². The second-order valence-corrected chi connectivity index (χ2v) is 5.10. The number of aromatic amines is 1. The van der Waals surface area contributed by atoms with Crippen LogP contribution in [0.5, 0.6) is 17.2 Å². The van der Waals surface area contributed by atoms with Crippen LogP contribution in [0.2, 0.25) is 0 Å². The number of benzene rings is 2. The molecule has 2 aromatic carbocycles. The average molecular weight is 313 g/mol. The SMILES string of the molecule is COc1ccc(-c2c[nH]c3c(CO)c(OC)cc(OC)c23)cc1. The van der Waals surface area contributed by atoms with Crippen LogP contribution in [0.3, 0.4) is 0 Å². The molecule has 5 heteroatoms. The zero-order chi connectivity index (χ0) is 16.4. The van der Waals surface area contributed by atoms with Gasteiger partial charge in [-0.05, 0) is 17.7 Å². The summed E-state index contributed by atoms with van der Waals surface area (Å²) in [5, 5.41) is 10.6. The molecule has 3 aromatic rings. The molecular weight excluding hydrogens is 294 g/mol. The van der Waals surface area contributed by atoms with Crippen molar-refractivity contribution in [2.45, 2.75) is 6.61 Å². The molecule has 0 atom stereocenters. The molecule has 1 aromatic heterocycles. The van der Waals surface area contributed by atoms with Crippen molar-refractivity contribution in [1.29, 1.82) is 0 Å². The van der Waals surface area contributed by atoms with Gasteiger partial charge in [-0.1, -0.05) is 12.1 Å². The van der Waals surface area contributed by atoms with Crippen LogP contribution in [0.25, 0.3) is 22.0 Å². The van der Waals surface area contributed by atoms with Gasteiger partial charge in [-0.25, -0.2) is 0 Å². The van der Waals surface area contributed by atoms with Crippen molar-refractivity contribution in [2.75, 3.05) is 21.3 Å². The lowest BCUT2D eigenvalue weighted by molar-refractivity contribution is 0.275. The molecular formula is C18H19NO4. The highest BCUT2D eigenvalue weighted by molar-refractivity contribution is 6.02. The zero-order valence-electron chi connectivity index (χ0n) is 13.3. The first kappa shape index (κ1) is 15.2. The number of hydrogen-bond donors (Lipinski definition) is 2. The van der Waals surface area contributed by atoms with Crippen LogP contribution < -0.4 is 14.2 Å². The Kier molecular flexibility index (Phi) is 4.12. The molecule has 0 spiro atoms. The number of H-pyrrole nitrogens is 1. The van der Waals surface area contributed by atoms with Crippen molar-refractivity contribution in [1.82, 2.24) is 4.98 Å². The quantitative estimate of drug-likeness (QED) is 0.758. The number of fused-ring (bicyclic) bond motifs is 1. The smallest absolute Gasteiger partial charge is 0.132 e. The fourth-order valence-electron chi connectivity index (χ4n) is 2.82. The molecule has 0 aliphatic carbocycles. The van der Waals surface area contributed by atoms with Crippen LogP contribution in [0.1, 0.15) is 5.56 Å². The van der Waals surface area contributed by atoms with E-state index in [4.69, 9.17) is 14.2 Å². The molecule has 0 amide bonds. The molecule has 0 bridgehead atoms. The number of aliphatic hydroxyl groups is 1. The second-order valence-electron chi connectivity index (χ2n) is 5.10. The summed E-state index contributed by atoms with van der Waals surface area (Å²) < 4.78 is 16.1. The van der Waals surface area contributed by atoms with E-state index in [0.29, 0.717) is 17.1 Å². The summed E-state index contributed by atoms with van der Waals surface area (Å²) in [6, 6.07) is 9.61. The van der Waals surface area contributed by atoms with E-state index in [0.717, 1.165) is 27.8 Å². The van der Waals surface area contributed by atoms with Crippen LogP contribution >= 0.6 is 0 Å². The lowest BCUT2D eigenvalue weighted by Crippen LogP contribution is -1.96. The number of aromatic nitrogens is 1. The lowest BCUT2D eigenvalue weighted by atomic mass is 10.0. The lowest BCUT2D eigenvalue weighted by Gasteiger charge is -2.12. The van der Waals surface area contributed by atoms with E-state index >= 15 is 0 Å². The second kappa shape index (κ2) is 6.22. The third-order valence-electron chi connectivity index (χ3n) is 3.99. The molecule has 1 heterocycles. The summed E-state index contributed by atoms with van der Waals surface area (Å²) in [7, 11) is 4.84. The van der Waals surface area contributed by atoms with Gasteiger partial charge in [0.1, 0.15) is 17.2 Å². The van der Waals surface area contributed by atoms with Crippen molar-refractivity contribution in [3.63, 3.8) is 0 Å². The minimum atomic E-state index is -0.119. The Morgan fingerprint density at radius 2 is 1.65 bits per heavy atom. The van der Waals surface area contributed by atoms with Gasteiger partial charge in [0.25, 0.3) is 0 Å². The molecule has 23 heavy (non-hydrogen) atoms. The Hall–Kier alpha value is -2.66. The molecule has 0 fully saturated rings. The Labute approximate surface area is 134 Å². The molecule has 0 saturated heterocycles. The largest absolute Gasteiger partial charge is 0.497 e. The average Bonchev–Trinajstić information content (AvgIpc) is 3.05. The Morgan fingerprint density at radius 1 is 0.957 bits per heavy atom. The van der Waals surface area contributed by atoms with Gasteiger partial charge in [0, 0.05) is 28.8 Å². The zero-order valence-corrected chi connectivity index (χ0v) is 13.3. The maximum atomic E-state index is 9.70. The summed E-state index contributed by atoms with van der Waals surface area (Å²) in [4.78, 5) is 3.23. The first-order valence-electron chi connectivity index (χ1n) is 7.23. The van der Waals surface area contributed by atoms with Gasteiger partial charge in [0.15, 0.2) is 0 Å². The highest BCUT2D eigenvalue weighted by atomic mass is 16.5. The van der Waals surface area contributed by atoms with Crippen molar-refractivity contribution in [3.8, 4) is 28.4 Å². The molecule has 0 radical (unpaired) electrons. The predicted molar refractivity (Wildman–Crippen MR) is 89.3 cm³/mol. The molecule has 0 aliphatic heterocycles. The van der Waals surface area contributed by atoms with Crippen LogP contribution in [-0.2, 0) is 6.61 Å². The molecule has 0 aliphatic rings. The number of aliphatic hydroxyl groups excluding tert-OH is 1. The predicted octanol–water partition coefficient (Wildman–Crippen LogP) is 3.35. The normalized spacial score (nSPS) is 10.8. The van der Waals surface area contributed by atoms with Crippen LogP contribution in [0.15, 0.2) is 36.5 Å². The summed E-state index contributed by atoms with van der Waals surface area (Å²) >= 11 is 0. The van der Waals surface area contributed by atoms with Gasteiger partial charge >= 0.3 is 0 Å². The number of hydrogen-bond acceptors (Lipinski definition) is 4. The van der Waals surface area contributed by atoms with Gasteiger partial charge in [-0.3, -0.25) is 0 Å². The van der Waals surface area contributed by atoms with Gasteiger partial charge in [-0.15, -0.1) is 0 Å². The van der Waals surface area contributed by atoms with E-state index in [1.54, 1.807) is 27.4 Å². The van der Waals surface area contributed by atoms with Crippen LogP contribution in [-0.4, -0.2) is 31.4 Å². The molecule has 0 saturated carbocycles. The number of nitrogens with one attached hydrogen (secondary N) is 1. The fourth-order valence-corrected chi connectivity index (χ4v) is 2.82. The molecule has 0 unspecified atom stereocenters. The Bertz CT molecular complexity index is 821. The van der Waals surface area contributed by atoms with E-state index in [2.05, 4.69) is 4.98 Å². The first-order valence-corrected chi connectivity index (χ1v) is 7.23. The van der Waals surface area contributed by atoms with Crippen molar-refractivity contribution in [2.24, 2.45) is 0 Å². The van der Waals surface area contributed by atoms with Crippen molar-refractivity contribution < 1.29 is 19.3 Å². The molecule has 5 nitrogen and oxygen atoms in total. The van der Waals surface area contributed by atoms with Gasteiger partial charge in [-0.2, -0.15) is 0 Å². The summed E-state index contributed by atoms with van der Waals surface area (Å²) in [5.74, 6) is 2.10. The van der Waals surface area contributed by atoms with E-state index < -0.39 is 0 Å². The van der Waals surface area contributed by atoms with E-state index in [9.17, 15) is 5.11 Å². The standard InChI is InChI=1S/C18H19NO4/c1-21-12-6-4-11(5-7-12)13-9-19-18-14(10-20)15(22-2)8-16(23-3)17(13)18/h4-9,19-20H,10H2,1-3H3. The first-order chi connectivity index (χ1) is 11.2. The maximum absolute atomic E-state index is 9.70. The molecule has 2 N–H and O–H groups in total. The summed E-state index contributed by atoms with van der Waals surface area (Å²) in [6.45, 7) is -0.119. The van der Waals surface area contributed by atoms with Gasteiger partial charge in [0.2, 0.25) is 0 Å².